The number of alkyl halides is 3. The van der Waals surface area contributed by atoms with E-state index in [4.69, 9.17) is 0 Å². The van der Waals surface area contributed by atoms with E-state index in [1.807, 2.05) is 0 Å². The van der Waals surface area contributed by atoms with Crippen LogP contribution in [0.3, 0.4) is 0 Å². The van der Waals surface area contributed by atoms with E-state index in [0.717, 1.165) is 0 Å². The molecule has 0 aromatic carbocycles. The molecule has 0 rings (SSSR count). The minimum atomic E-state index is -4.31. The third-order valence-electron chi connectivity index (χ3n) is 1.58. The van der Waals surface area contributed by atoms with E-state index in [-0.39, 0.29) is 0 Å². The monoisotopic (exact) mass is 388 g/mol. The van der Waals surface area contributed by atoms with E-state index in [9.17, 15) is 27.6 Å². The summed E-state index contributed by atoms with van der Waals surface area (Å²) in [5, 5.41) is 0. The van der Waals surface area contributed by atoms with Crippen LogP contribution in [-0.2, 0) is 22.9 Å². The third kappa shape index (κ3) is 9.62. The molecule has 0 heterocycles. The van der Waals surface area contributed by atoms with E-state index in [2.05, 4.69) is 8.56 Å². The molecule has 0 saturated carbocycles. The zero-order chi connectivity index (χ0) is 14.7. The summed E-state index contributed by atoms with van der Waals surface area (Å²) in [6, 6.07) is 0. The molecule has 0 saturated heterocycles. The van der Waals surface area contributed by atoms with Crippen molar-refractivity contribution in [3.63, 3.8) is 0 Å². The van der Waals surface area contributed by atoms with E-state index in [1.165, 1.54) is 0 Å². The summed E-state index contributed by atoms with van der Waals surface area (Å²) in [4.78, 5) is 33.0. The van der Waals surface area contributed by atoms with E-state index in [1.54, 1.807) is 0 Å². The molecule has 0 aliphatic rings. The molecular weight excluding hydrogens is 376 g/mol. The van der Waals surface area contributed by atoms with Crippen LogP contribution in [-0.4, -0.2) is 60.7 Å². The molecule has 0 spiro atoms. The van der Waals surface area contributed by atoms with Crippen molar-refractivity contribution < 1.29 is 36.1 Å². The van der Waals surface area contributed by atoms with Crippen LogP contribution in [0.1, 0.15) is 19.3 Å². The molecule has 108 valence electrons. The Morgan fingerprint density at radius 3 is 1.16 bits per heavy atom. The number of rotatable bonds is 9. The summed E-state index contributed by atoms with van der Waals surface area (Å²) in [7, 11) is 0. The van der Waals surface area contributed by atoms with Gasteiger partial charge in [0.2, 0.25) is 0 Å². The molecule has 0 unspecified atom stereocenters. The SMILES string of the molecule is O=C(CCF)[O][In]([O]C(=O)CCF)[O]C(=O)CCF. The summed E-state index contributed by atoms with van der Waals surface area (Å²) in [6.07, 6.45) is -1.77. The predicted octanol–water partition coefficient (Wildman–Crippen LogP) is 0.680. The van der Waals surface area contributed by atoms with Crippen LogP contribution in [0, 0.1) is 0 Å². The Hall–Kier alpha value is -0.930. The molecule has 10 heteroatoms. The summed E-state index contributed by atoms with van der Waals surface area (Å²) in [5.74, 6) is -3.11. The fourth-order valence-corrected chi connectivity index (χ4v) is 4.06. The fraction of sp³-hybridized carbons (Fsp3) is 0.667. The Balaban J connectivity index is 4.40. The van der Waals surface area contributed by atoms with Gasteiger partial charge in [0.25, 0.3) is 0 Å². The van der Waals surface area contributed by atoms with E-state index < -0.39 is 79.9 Å². The van der Waals surface area contributed by atoms with Crippen LogP contribution in [0.2, 0.25) is 0 Å². The Labute approximate surface area is 116 Å². The second-order valence-electron chi connectivity index (χ2n) is 3.08. The first kappa shape index (κ1) is 18.1. The number of halogens is 3. The first-order chi connectivity index (χ1) is 9.03. The fourth-order valence-electron chi connectivity index (χ4n) is 0.802. The number of hydrogen-bond acceptors (Lipinski definition) is 6. The second-order valence-corrected chi connectivity index (χ2v) is 6.74. The van der Waals surface area contributed by atoms with Crippen LogP contribution in [0.4, 0.5) is 13.2 Å². The maximum absolute atomic E-state index is 11.9. The van der Waals surface area contributed by atoms with Gasteiger partial charge in [-0.2, -0.15) is 0 Å². The van der Waals surface area contributed by atoms with Gasteiger partial charge in [-0.3, -0.25) is 0 Å². The van der Waals surface area contributed by atoms with Gasteiger partial charge in [0.15, 0.2) is 0 Å². The van der Waals surface area contributed by atoms with Gasteiger partial charge < -0.3 is 0 Å². The van der Waals surface area contributed by atoms with Gasteiger partial charge in [-0.05, 0) is 0 Å². The van der Waals surface area contributed by atoms with Gasteiger partial charge in [0.1, 0.15) is 0 Å². The molecule has 0 bridgehead atoms. The van der Waals surface area contributed by atoms with Crippen molar-refractivity contribution in [3.05, 3.63) is 0 Å². The Kier molecular flexibility index (Phi) is 10.4. The van der Waals surface area contributed by atoms with Crippen LogP contribution >= 0.6 is 0 Å². The normalized spacial score (nSPS) is 9.63. The molecule has 6 nitrogen and oxygen atoms in total. The van der Waals surface area contributed by atoms with Crippen molar-refractivity contribution in [2.75, 3.05) is 20.0 Å². The summed E-state index contributed by atoms with van der Waals surface area (Å²) in [5.41, 5.74) is 0. The van der Waals surface area contributed by atoms with Gasteiger partial charge in [0.05, 0.1) is 0 Å². The molecule has 0 aromatic rings. The van der Waals surface area contributed by atoms with Gasteiger partial charge in [0, 0.05) is 0 Å². The number of carbonyl (C=O) groups excluding carboxylic acids is 3. The van der Waals surface area contributed by atoms with Gasteiger partial charge in [-0.15, -0.1) is 0 Å². The maximum atomic E-state index is 11.9. The quantitative estimate of drug-likeness (QED) is 0.578. The molecule has 0 radical (unpaired) electrons. The first-order valence-corrected chi connectivity index (χ1v) is 9.33. The molecule has 19 heavy (non-hydrogen) atoms. The zero-order valence-electron chi connectivity index (χ0n) is 9.90. The Morgan fingerprint density at radius 1 is 0.684 bits per heavy atom. The third-order valence-corrected chi connectivity index (χ3v) is 5.48. The molecule has 0 aliphatic carbocycles. The molecule has 0 aliphatic heterocycles. The van der Waals surface area contributed by atoms with Crippen LogP contribution in [0.25, 0.3) is 0 Å². The molecular formula is C9H12F3InO6. The summed E-state index contributed by atoms with van der Waals surface area (Å²) >= 11 is -4.31. The van der Waals surface area contributed by atoms with Crippen molar-refractivity contribution in [1.29, 1.82) is 0 Å². The minimum absolute atomic E-state index is 0.589. The van der Waals surface area contributed by atoms with Gasteiger partial charge >= 0.3 is 116 Å². The van der Waals surface area contributed by atoms with Crippen molar-refractivity contribution in [2.24, 2.45) is 0 Å². The number of carbonyl (C=O) groups is 3. The summed E-state index contributed by atoms with van der Waals surface area (Å²) < 4.78 is 49.2. The van der Waals surface area contributed by atoms with E-state index >= 15 is 0 Å². The standard InChI is InChI=1S/3C3H5FO2.In/c3*4-2-1-3(5)6;/h3*1-2H2,(H,5,6);/q;;;+3/p-3. The Bertz CT molecular complexity index is 267. The van der Waals surface area contributed by atoms with E-state index in [0.29, 0.717) is 0 Å². The van der Waals surface area contributed by atoms with Crippen LogP contribution in [0.5, 0.6) is 0 Å². The number of hydrogen-bond donors (Lipinski definition) is 0. The van der Waals surface area contributed by atoms with Gasteiger partial charge in [-0.1, -0.05) is 0 Å². The molecule has 0 N–H and O–H groups in total. The van der Waals surface area contributed by atoms with Crippen LogP contribution < -0.4 is 0 Å². The molecule has 0 aromatic heterocycles. The molecule has 0 amide bonds. The summed E-state index contributed by atoms with van der Waals surface area (Å²) in [6.45, 7) is -2.98. The van der Waals surface area contributed by atoms with Crippen LogP contribution in [0.15, 0.2) is 0 Å². The second kappa shape index (κ2) is 10.9. The first-order valence-electron chi connectivity index (χ1n) is 5.29. The predicted molar refractivity (Wildman–Crippen MR) is 55.8 cm³/mol. The zero-order valence-corrected chi connectivity index (χ0v) is 13.2. The Morgan fingerprint density at radius 2 is 0.947 bits per heavy atom. The van der Waals surface area contributed by atoms with Crippen molar-refractivity contribution in [3.8, 4) is 0 Å². The molecule has 0 fully saturated rings. The van der Waals surface area contributed by atoms with Gasteiger partial charge in [-0.25, -0.2) is 0 Å². The van der Waals surface area contributed by atoms with Crippen molar-refractivity contribution >= 4 is 40.7 Å². The van der Waals surface area contributed by atoms with Crippen molar-refractivity contribution in [1.82, 2.24) is 0 Å². The van der Waals surface area contributed by atoms with Crippen molar-refractivity contribution in [2.45, 2.75) is 19.3 Å². The average molecular weight is 388 g/mol. The average Bonchev–Trinajstić information content (AvgIpc) is 2.29. The molecule has 0 atom stereocenters. The topological polar surface area (TPSA) is 78.9 Å².